The average Bonchev–Trinajstić information content (AvgIpc) is 2.84. The van der Waals surface area contributed by atoms with Crippen molar-refractivity contribution >= 4 is 10.9 Å². The topological polar surface area (TPSA) is 40.5 Å². The van der Waals surface area contributed by atoms with Crippen molar-refractivity contribution in [3.63, 3.8) is 0 Å². The van der Waals surface area contributed by atoms with E-state index in [0.29, 0.717) is 35.7 Å². The molecule has 2 aromatic carbocycles. The molecule has 0 aliphatic heterocycles. The van der Waals surface area contributed by atoms with Crippen LogP contribution in [-0.4, -0.2) is 18.3 Å². The molecule has 0 aliphatic rings. The Morgan fingerprint density at radius 3 is 2.24 bits per heavy atom. The number of aryl methyl sites for hydroxylation is 1. The number of unbranched alkanes of at least 4 members (excludes halogenated alkanes) is 6. The first kappa shape index (κ1) is 24.8. The van der Waals surface area contributed by atoms with Crippen LogP contribution in [-0.2, 0) is 6.54 Å². The van der Waals surface area contributed by atoms with Gasteiger partial charge in [0.2, 0.25) is 0 Å². The Labute approximate surface area is 196 Å². The van der Waals surface area contributed by atoms with Crippen molar-refractivity contribution in [1.82, 2.24) is 4.57 Å². The van der Waals surface area contributed by atoms with Crippen LogP contribution < -0.4 is 14.9 Å². The zero-order valence-electron chi connectivity index (χ0n) is 20.2. The Balaban J connectivity index is 2.01. The van der Waals surface area contributed by atoms with Crippen molar-refractivity contribution < 1.29 is 13.9 Å². The Morgan fingerprint density at radius 2 is 1.58 bits per heavy atom. The number of nitrogens with zero attached hydrogens (tertiary/aromatic N) is 1. The lowest BCUT2D eigenvalue weighted by molar-refractivity contribution is 0.319. The van der Waals surface area contributed by atoms with E-state index in [0.717, 1.165) is 24.8 Å². The van der Waals surface area contributed by atoms with Crippen LogP contribution in [0.5, 0.6) is 11.5 Å². The number of halogens is 1. The fourth-order valence-corrected chi connectivity index (χ4v) is 4.18. The summed E-state index contributed by atoms with van der Waals surface area (Å²) in [5.41, 5.74) is 1.47. The molecule has 0 radical (unpaired) electrons. The summed E-state index contributed by atoms with van der Waals surface area (Å²) < 4.78 is 28.2. The van der Waals surface area contributed by atoms with Gasteiger partial charge in [-0.15, -0.1) is 0 Å². The van der Waals surface area contributed by atoms with E-state index < -0.39 is 5.82 Å². The van der Waals surface area contributed by atoms with Crippen molar-refractivity contribution in [2.75, 3.05) is 13.7 Å². The Kier molecular flexibility index (Phi) is 9.35. The zero-order valence-corrected chi connectivity index (χ0v) is 20.2. The number of benzene rings is 2. The molecule has 0 spiro atoms. The molecule has 0 N–H and O–H groups in total. The number of rotatable bonds is 13. The van der Waals surface area contributed by atoms with E-state index in [9.17, 15) is 4.79 Å². The summed E-state index contributed by atoms with van der Waals surface area (Å²) in [4.78, 5) is 13.4. The molecule has 178 valence electrons. The largest absolute Gasteiger partial charge is 0.497 e. The van der Waals surface area contributed by atoms with E-state index in [1.807, 2.05) is 42.0 Å². The summed E-state index contributed by atoms with van der Waals surface area (Å²) in [6.07, 6.45) is 11.0. The van der Waals surface area contributed by atoms with Gasteiger partial charge in [0.25, 0.3) is 0 Å². The molecule has 3 rings (SSSR count). The van der Waals surface area contributed by atoms with Crippen molar-refractivity contribution in [1.29, 1.82) is 0 Å². The molecular formula is C28H36FNO3. The van der Waals surface area contributed by atoms with Gasteiger partial charge in [0.05, 0.1) is 24.6 Å². The van der Waals surface area contributed by atoms with Crippen LogP contribution in [0.2, 0.25) is 0 Å². The standard InChI is InChI=1S/C28H36FNO3/c1-4-6-7-8-9-10-11-18-30-20-23(21-12-14-22(32-3)15-13-21)28(31)26-24(29)16-17-25(27(26)30)33-19-5-2/h12-17,20H,4-11,18-19H2,1-3H3. The number of methoxy groups -OCH3 is 1. The van der Waals surface area contributed by atoms with Crippen LogP contribution in [0.25, 0.3) is 22.0 Å². The second kappa shape index (κ2) is 12.4. The van der Waals surface area contributed by atoms with Gasteiger partial charge in [0.1, 0.15) is 17.3 Å². The van der Waals surface area contributed by atoms with E-state index in [1.54, 1.807) is 13.2 Å². The number of fused-ring (bicyclic) bond motifs is 1. The highest BCUT2D eigenvalue weighted by atomic mass is 19.1. The van der Waals surface area contributed by atoms with E-state index in [1.165, 1.54) is 38.2 Å². The summed E-state index contributed by atoms with van der Waals surface area (Å²) in [5.74, 6) is 0.765. The van der Waals surface area contributed by atoms with Crippen molar-refractivity contribution in [3.05, 3.63) is 58.6 Å². The molecule has 0 fully saturated rings. The minimum atomic E-state index is -0.512. The molecule has 5 heteroatoms. The summed E-state index contributed by atoms with van der Waals surface area (Å²) in [6.45, 7) is 5.48. The predicted molar refractivity (Wildman–Crippen MR) is 134 cm³/mol. The van der Waals surface area contributed by atoms with Gasteiger partial charge in [-0.3, -0.25) is 4.79 Å². The highest BCUT2D eigenvalue weighted by Crippen LogP contribution is 2.30. The zero-order chi connectivity index (χ0) is 23.6. The average molecular weight is 454 g/mol. The van der Waals surface area contributed by atoms with Crippen LogP contribution in [0, 0.1) is 5.82 Å². The second-order valence-electron chi connectivity index (χ2n) is 8.53. The molecule has 4 nitrogen and oxygen atoms in total. The van der Waals surface area contributed by atoms with Crippen molar-refractivity contribution in [2.45, 2.75) is 71.8 Å². The third-order valence-corrected chi connectivity index (χ3v) is 6.00. The molecule has 33 heavy (non-hydrogen) atoms. The first-order valence-corrected chi connectivity index (χ1v) is 12.2. The Morgan fingerprint density at radius 1 is 0.879 bits per heavy atom. The number of hydrogen-bond donors (Lipinski definition) is 0. The molecule has 0 bridgehead atoms. The van der Waals surface area contributed by atoms with E-state index in [2.05, 4.69) is 6.92 Å². The van der Waals surface area contributed by atoms with Gasteiger partial charge < -0.3 is 14.0 Å². The van der Waals surface area contributed by atoms with Gasteiger partial charge >= 0.3 is 0 Å². The first-order chi connectivity index (χ1) is 16.1. The third-order valence-electron chi connectivity index (χ3n) is 6.00. The summed E-state index contributed by atoms with van der Waals surface area (Å²) in [6, 6.07) is 10.3. The molecular weight excluding hydrogens is 417 g/mol. The lowest BCUT2D eigenvalue weighted by Crippen LogP contribution is -2.15. The van der Waals surface area contributed by atoms with Gasteiger partial charge in [-0.2, -0.15) is 0 Å². The summed E-state index contributed by atoms with van der Waals surface area (Å²) >= 11 is 0. The van der Waals surface area contributed by atoms with Crippen molar-refractivity contribution in [2.24, 2.45) is 0 Å². The molecule has 1 aromatic heterocycles. The number of ether oxygens (including phenoxy) is 2. The maximum Gasteiger partial charge on any atom is 0.200 e. The monoisotopic (exact) mass is 453 g/mol. The second-order valence-corrected chi connectivity index (χ2v) is 8.53. The molecule has 0 unspecified atom stereocenters. The Bertz CT molecular complexity index is 1090. The smallest absolute Gasteiger partial charge is 0.200 e. The van der Waals surface area contributed by atoms with Crippen molar-refractivity contribution in [3.8, 4) is 22.6 Å². The fourth-order valence-electron chi connectivity index (χ4n) is 4.18. The first-order valence-electron chi connectivity index (χ1n) is 12.2. The molecule has 0 amide bonds. The SMILES string of the molecule is CCCCCCCCCn1cc(-c2ccc(OC)cc2)c(=O)c2c(F)ccc(OCCC)c21. The van der Waals surface area contributed by atoms with Crippen LogP contribution in [0.15, 0.2) is 47.4 Å². The number of aromatic nitrogens is 1. The molecule has 3 aromatic rings. The van der Waals surface area contributed by atoms with Gasteiger partial charge in [-0.25, -0.2) is 4.39 Å². The van der Waals surface area contributed by atoms with Gasteiger partial charge in [-0.05, 0) is 42.7 Å². The van der Waals surface area contributed by atoms with Gasteiger partial charge in [-0.1, -0.05) is 64.5 Å². The molecule has 0 aliphatic carbocycles. The Hall–Kier alpha value is -2.82. The van der Waals surface area contributed by atoms with Crippen LogP contribution >= 0.6 is 0 Å². The fraction of sp³-hybridized carbons (Fsp3) is 0.464. The molecule has 0 saturated heterocycles. The van der Waals surface area contributed by atoms with E-state index in [-0.39, 0.29) is 10.8 Å². The lowest BCUT2D eigenvalue weighted by Gasteiger charge is -2.18. The normalized spacial score (nSPS) is 11.2. The number of hydrogen-bond acceptors (Lipinski definition) is 3. The van der Waals surface area contributed by atoms with Crippen LogP contribution in [0.1, 0.15) is 65.2 Å². The van der Waals surface area contributed by atoms with Crippen LogP contribution in [0.4, 0.5) is 4.39 Å². The van der Waals surface area contributed by atoms with Gasteiger partial charge in [0, 0.05) is 18.3 Å². The molecule has 0 saturated carbocycles. The minimum absolute atomic E-state index is 0.0971. The molecule has 1 heterocycles. The summed E-state index contributed by atoms with van der Waals surface area (Å²) in [5, 5.41) is 0.0971. The highest BCUT2D eigenvalue weighted by Gasteiger charge is 2.18. The molecule has 0 atom stereocenters. The minimum Gasteiger partial charge on any atom is -0.497 e. The predicted octanol–water partition coefficient (Wildman–Crippen LogP) is 7.36. The maximum absolute atomic E-state index is 15.0. The third kappa shape index (κ3) is 6.16. The lowest BCUT2D eigenvalue weighted by atomic mass is 10.0. The van der Waals surface area contributed by atoms with Gasteiger partial charge in [0.15, 0.2) is 5.43 Å². The van der Waals surface area contributed by atoms with E-state index >= 15 is 4.39 Å². The summed E-state index contributed by atoms with van der Waals surface area (Å²) in [7, 11) is 1.60. The number of pyridine rings is 1. The highest BCUT2D eigenvalue weighted by molar-refractivity contribution is 5.89. The quantitative estimate of drug-likeness (QED) is 0.254. The van der Waals surface area contributed by atoms with Crippen LogP contribution in [0.3, 0.4) is 0 Å². The maximum atomic E-state index is 15.0. The van der Waals surface area contributed by atoms with E-state index in [4.69, 9.17) is 9.47 Å².